The van der Waals surface area contributed by atoms with Crippen LogP contribution in [0.5, 0.6) is 5.75 Å². The molecule has 6 nitrogen and oxygen atoms in total. The molecular formula is C25H26N4O2S. The second-order valence-corrected chi connectivity index (χ2v) is 9.45. The molecule has 1 aliphatic heterocycles. The maximum Gasteiger partial charge on any atom is 0.226 e. The first-order valence-corrected chi connectivity index (χ1v) is 11.8. The Bertz CT molecular complexity index is 1300. The van der Waals surface area contributed by atoms with Crippen molar-refractivity contribution in [1.82, 2.24) is 14.8 Å². The normalized spacial score (nSPS) is 15.8. The molecule has 1 aliphatic rings. The summed E-state index contributed by atoms with van der Waals surface area (Å²) in [6.45, 7) is 8.96. The first kappa shape index (κ1) is 20.7. The van der Waals surface area contributed by atoms with E-state index in [2.05, 4.69) is 43.4 Å². The minimum Gasteiger partial charge on any atom is -0.494 e. The highest BCUT2D eigenvalue weighted by molar-refractivity contribution is 7.20. The van der Waals surface area contributed by atoms with Gasteiger partial charge >= 0.3 is 0 Å². The molecule has 3 heterocycles. The fourth-order valence-electron chi connectivity index (χ4n) is 4.32. The molecule has 0 saturated heterocycles. The molecule has 0 bridgehead atoms. The van der Waals surface area contributed by atoms with Crippen LogP contribution < -0.4 is 10.1 Å². The van der Waals surface area contributed by atoms with E-state index in [0.717, 1.165) is 43.7 Å². The van der Waals surface area contributed by atoms with Crippen LogP contribution in [0.4, 0.5) is 5.82 Å². The number of benzene rings is 2. The van der Waals surface area contributed by atoms with Gasteiger partial charge in [0.2, 0.25) is 11.0 Å². The van der Waals surface area contributed by atoms with Gasteiger partial charge in [-0.2, -0.15) is 9.78 Å². The summed E-state index contributed by atoms with van der Waals surface area (Å²) in [4.78, 5) is 17.5. The number of hydrogen-bond acceptors (Lipinski definition) is 5. The standard InChI is InChI=1S/C25H26N4O2S/c1-5-31-18-10-11-20-21(12-18)32-25(26-20)29-24-23(15(4)28-29)19(13-22(30)27-24)17-8-6-16(7-9-17)14(2)3/h6-12,14,19H,5,13H2,1-4H3,(H,27,30)/t19-/m0/s1. The molecule has 0 radical (unpaired) electrons. The van der Waals surface area contributed by atoms with E-state index < -0.39 is 0 Å². The molecule has 0 saturated carbocycles. The summed E-state index contributed by atoms with van der Waals surface area (Å²) in [5.41, 5.74) is 5.29. The number of fused-ring (bicyclic) bond motifs is 2. The molecule has 0 aliphatic carbocycles. The van der Waals surface area contributed by atoms with Crippen molar-refractivity contribution < 1.29 is 9.53 Å². The number of rotatable bonds is 5. The highest BCUT2D eigenvalue weighted by Crippen LogP contribution is 2.41. The second-order valence-electron chi connectivity index (χ2n) is 8.44. The van der Waals surface area contributed by atoms with Gasteiger partial charge in [0, 0.05) is 17.9 Å². The minimum absolute atomic E-state index is 0.00340. The van der Waals surface area contributed by atoms with Crippen LogP contribution in [0.2, 0.25) is 0 Å². The van der Waals surface area contributed by atoms with E-state index >= 15 is 0 Å². The van der Waals surface area contributed by atoms with Crippen LogP contribution >= 0.6 is 11.3 Å². The van der Waals surface area contributed by atoms with Crippen LogP contribution in [-0.4, -0.2) is 27.3 Å². The van der Waals surface area contributed by atoms with Crippen LogP contribution in [0, 0.1) is 6.92 Å². The summed E-state index contributed by atoms with van der Waals surface area (Å²) >= 11 is 1.54. The maximum absolute atomic E-state index is 12.7. The lowest BCUT2D eigenvalue weighted by Crippen LogP contribution is -2.24. The molecule has 4 aromatic rings. The molecule has 0 unspecified atom stereocenters. The SMILES string of the molecule is CCOc1ccc2nc(-n3nc(C)c4c3NC(=O)C[C@H]4c3ccc(C(C)C)cc3)sc2c1. The van der Waals surface area contributed by atoms with Gasteiger partial charge in [0.1, 0.15) is 11.6 Å². The zero-order valence-corrected chi connectivity index (χ0v) is 19.5. The maximum atomic E-state index is 12.7. The number of nitrogens with zero attached hydrogens (tertiary/aromatic N) is 3. The Labute approximate surface area is 191 Å². The van der Waals surface area contributed by atoms with Gasteiger partial charge in [-0.25, -0.2) is 4.98 Å². The van der Waals surface area contributed by atoms with Crippen LogP contribution in [0.1, 0.15) is 61.4 Å². The largest absolute Gasteiger partial charge is 0.494 e. The lowest BCUT2D eigenvalue weighted by molar-refractivity contribution is -0.116. The third kappa shape index (κ3) is 3.56. The van der Waals surface area contributed by atoms with E-state index in [1.54, 1.807) is 4.68 Å². The van der Waals surface area contributed by atoms with Crippen LogP contribution in [-0.2, 0) is 4.79 Å². The molecule has 0 fully saturated rings. The zero-order valence-electron chi connectivity index (χ0n) is 18.7. The Morgan fingerprint density at radius 2 is 2.00 bits per heavy atom. The molecule has 1 N–H and O–H groups in total. The highest BCUT2D eigenvalue weighted by Gasteiger charge is 2.33. The van der Waals surface area contributed by atoms with Crippen LogP contribution in [0.3, 0.4) is 0 Å². The first-order valence-electron chi connectivity index (χ1n) is 11.0. The van der Waals surface area contributed by atoms with Gasteiger partial charge in [0.15, 0.2) is 0 Å². The number of amides is 1. The second kappa shape index (κ2) is 8.06. The zero-order chi connectivity index (χ0) is 22.4. The number of aromatic nitrogens is 3. The summed E-state index contributed by atoms with van der Waals surface area (Å²) in [5.74, 6) is 2.00. The quantitative estimate of drug-likeness (QED) is 0.421. The molecule has 0 spiro atoms. The number of thiazole rings is 1. The molecule has 164 valence electrons. The first-order chi connectivity index (χ1) is 15.4. The predicted molar refractivity (Wildman–Crippen MR) is 128 cm³/mol. The fraction of sp³-hybridized carbons (Fsp3) is 0.320. The van der Waals surface area contributed by atoms with Crippen molar-refractivity contribution >= 4 is 33.3 Å². The van der Waals surface area contributed by atoms with E-state index in [-0.39, 0.29) is 11.8 Å². The monoisotopic (exact) mass is 446 g/mol. The lowest BCUT2D eigenvalue weighted by atomic mass is 9.85. The molecular weight excluding hydrogens is 420 g/mol. The summed E-state index contributed by atoms with van der Waals surface area (Å²) in [6.07, 6.45) is 0.415. The summed E-state index contributed by atoms with van der Waals surface area (Å²) in [6, 6.07) is 14.5. The Hall–Kier alpha value is -3.19. The highest BCUT2D eigenvalue weighted by atomic mass is 32.1. The Kier molecular flexibility index (Phi) is 5.21. The third-order valence-corrected chi connectivity index (χ3v) is 6.94. The molecule has 7 heteroatoms. The van der Waals surface area contributed by atoms with Gasteiger partial charge in [0.05, 0.1) is 22.5 Å². The van der Waals surface area contributed by atoms with E-state index in [0.29, 0.717) is 18.9 Å². The number of carbonyl (C=O) groups excluding carboxylic acids is 1. The van der Waals surface area contributed by atoms with E-state index in [1.807, 2.05) is 32.0 Å². The molecule has 2 aromatic carbocycles. The van der Waals surface area contributed by atoms with Gasteiger partial charge in [-0.1, -0.05) is 49.4 Å². The van der Waals surface area contributed by atoms with Crippen molar-refractivity contribution in [2.75, 3.05) is 11.9 Å². The molecule has 32 heavy (non-hydrogen) atoms. The Balaban J connectivity index is 1.58. The van der Waals surface area contributed by atoms with Crippen molar-refractivity contribution in [1.29, 1.82) is 0 Å². The molecule has 1 atom stereocenters. The van der Waals surface area contributed by atoms with Gasteiger partial charge in [-0.3, -0.25) is 4.79 Å². The lowest BCUT2D eigenvalue weighted by Gasteiger charge is -2.24. The predicted octanol–water partition coefficient (Wildman–Crippen LogP) is 5.79. The van der Waals surface area contributed by atoms with Gasteiger partial charge in [-0.15, -0.1) is 0 Å². The van der Waals surface area contributed by atoms with E-state index in [4.69, 9.17) is 14.8 Å². The third-order valence-electron chi connectivity index (χ3n) is 5.95. The van der Waals surface area contributed by atoms with Gasteiger partial charge in [-0.05, 0) is 49.1 Å². The van der Waals surface area contributed by atoms with E-state index in [9.17, 15) is 4.79 Å². The number of anilines is 1. The Morgan fingerprint density at radius 3 is 2.72 bits per heavy atom. The van der Waals surface area contributed by atoms with Crippen molar-refractivity contribution in [3.63, 3.8) is 0 Å². The average molecular weight is 447 g/mol. The number of hydrogen-bond donors (Lipinski definition) is 1. The number of ether oxygens (including phenoxy) is 1. The number of carbonyl (C=O) groups is 1. The van der Waals surface area contributed by atoms with Gasteiger partial charge in [0.25, 0.3) is 0 Å². The number of aryl methyl sites for hydroxylation is 1. The van der Waals surface area contributed by atoms with Crippen molar-refractivity contribution in [3.05, 3.63) is 64.8 Å². The van der Waals surface area contributed by atoms with Crippen molar-refractivity contribution in [2.45, 2.75) is 46.0 Å². The van der Waals surface area contributed by atoms with Crippen molar-refractivity contribution in [3.8, 4) is 10.9 Å². The minimum atomic E-state index is -0.0207. The fourth-order valence-corrected chi connectivity index (χ4v) is 5.28. The number of nitrogens with one attached hydrogen (secondary N) is 1. The topological polar surface area (TPSA) is 69.0 Å². The Morgan fingerprint density at radius 1 is 1.22 bits per heavy atom. The van der Waals surface area contributed by atoms with Crippen LogP contribution in [0.25, 0.3) is 15.3 Å². The molecule has 5 rings (SSSR count). The smallest absolute Gasteiger partial charge is 0.226 e. The molecule has 2 aromatic heterocycles. The summed E-state index contributed by atoms with van der Waals surface area (Å²) in [7, 11) is 0. The molecule has 1 amide bonds. The summed E-state index contributed by atoms with van der Waals surface area (Å²) in [5, 5.41) is 8.58. The van der Waals surface area contributed by atoms with Crippen LogP contribution in [0.15, 0.2) is 42.5 Å². The average Bonchev–Trinajstić information content (AvgIpc) is 3.34. The van der Waals surface area contributed by atoms with Gasteiger partial charge < -0.3 is 10.1 Å². The summed E-state index contributed by atoms with van der Waals surface area (Å²) < 4.78 is 8.43. The van der Waals surface area contributed by atoms with E-state index in [1.165, 1.54) is 16.9 Å². The van der Waals surface area contributed by atoms with Crippen molar-refractivity contribution in [2.24, 2.45) is 0 Å².